The Morgan fingerprint density at radius 2 is 0.605 bits per heavy atom. The molecule has 0 aromatic heterocycles. The maximum Gasteiger partial charge on any atom is 0.0558 e. The van der Waals surface area contributed by atoms with Crippen molar-refractivity contribution in [2.45, 2.75) is 19.3 Å². The zero-order valence-corrected chi connectivity index (χ0v) is 23.5. The molecule has 0 bridgehead atoms. The first-order valence-electron chi connectivity index (χ1n) is 14.0. The Morgan fingerprint density at radius 1 is 0.289 bits per heavy atom. The van der Waals surface area contributed by atoms with E-state index < -0.39 is 0 Å². The number of hydrogen-bond acceptors (Lipinski definition) is 13. The van der Waals surface area contributed by atoms with Crippen molar-refractivity contribution in [3.05, 3.63) is 0 Å². The van der Waals surface area contributed by atoms with Crippen LogP contribution in [0.4, 0.5) is 0 Å². The lowest BCUT2D eigenvalue weighted by Gasteiger charge is -2.26. The molecule has 0 unspecified atom stereocenters. The summed E-state index contributed by atoms with van der Waals surface area (Å²) < 4.78 is 0. The molecule has 0 radical (unpaired) electrons. The molecule has 0 aromatic rings. The molecule has 0 aliphatic carbocycles. The minimum absolute atomic E-state index is 0.0938. The van der Waals surface area contributed by atoms with Gasteiger partial charge in [0.2, 0.25) is 0 Å². The van der Waals surface area contributed by atoms with Crippen LogP contribution >= 0.6 is 0 Å². The van der Waals surface area contributed by atoms with E-state index in [0.29, 0.717) is 45.8 Å². The molecular weight excluding hydrogens is 498 g/mol. The molecule has 0 spiro atoms. The summed E-state index contributed by atoms with van der Waals surface area (Å²) in [7, 11) is 0. The second-order valence-electron chi connectivity index (χ2n) is 8.97. The third kappa shape index (κ3) is 27.1. The Kier molecular flexibility index (Phi) is 34.1. The van der Waals surface area contributed by atoms with Gasteiger partial charge in [0.15, 0.2) is 0 Å². The molecule has 0 aliphatic heterocycles. The first-order chi connectivity index (χ1) is 18.6. The van der Waals surface area contributed by atoms with Crippen molar-refractivity contribution in [1.82, 2.24) is 24.9 Å². The van der Waals surface area contributed by atoms with Crippen LogP contribution in [0, 0.1) is 0 Å². The highest BCUT2D eigenvalue weighted by atomic mass is 16.3. The third-order valence-corrected chi connectivity index (χ3v) is 5.99. The van der Waals surface area contributed by atoms with Crippen molar-refractivity contribution >= 4 is 0 Å². The molecule has 13 heteroatoms. The summed E-state index contributed by atoms with van der Waals surface area (Å²) in [5.41, 5.74) is 0. The smallest absolute Gasteiger partial charge is 0.0558 e. The fourth-order valence-electron chi connectivity index (χ4n) is 3.84. The predicted molar refractivity (Wildman–Crippen MR) is 149 cm³/mol. The Hall–Kier alpha value is -0.520. The maximum absolute atomic E-state index is 9.04. The Balaban J connectivity index is 0. The first kappa shape index (κ1) is 39.6. The molecule has 13 nitrogen and oxygen atoms in total. The van der Waals surface area contributed by atoms with Gasteiger partial charge < -0.3 is 46.2 Å². The van der Waals surface area contributed by atoms with Crippen molar-refractivity contribution in [3.63, 3.8) is 0 Å². The number of nitrogens with one attached hydrogen (secondary N) is 1. The quantitative estimate of drug-likeness (QED) is 0.0423. The van der Waals surface area contributed by atoms with Gasteiger partial charge in [0.1, 0.15) is 0 Å². The summed E-state index contributed by atoms with van der Waals surface area (Å²) in [4.78, 5) is 8.18. The highest BCUT2D eigenvalue weighted by Gasteiger charge is 2.08. The molecule has 0 heterocycles. The predicted octanol–water partition coefficient (Wildman–Crippen LogP) is -4.12. The summed E-state index contributed by atoms with van der Waals surface area (Å²) in [6, 6.07) is 0. The van der Waals surface area contributed by atoms with E-state index in [1.54, 1.807) is 0 Å². The lowest BCUT2D eigenvalue weighted by molar-refractivity contribution is 0.132. The van der Waals surface area contributed by atoms with Gasteiger partial charge in [0.25, 0.3) is 0 Å². The molecule has 0 fully saturated rings. The van der Waals surface area contributed by atoms with Gasteiger partial charge in [-0.2, -0.15) is 0 Å². The Morgan fingerprint density at radius 3 is 0.921 bits per heavy atom. The van der Waals surface area contributed by atoms with E-state index in [1.165, 1.54) is 0 Å². The van der Waals surface area contributed by atoms with Crippen LogP contribution in [-0.2, 0) is 0 Å². The fourth-order valence-corrected chi connectivity index (χ4v) is 3.84. The average molecular weight is 558 g/mol. The highest BCUT2D eigenvalue weighted by Crippen LogP contribution is 1.99. The van der Waals surface area contributed by atoms with Crippen molar-refractivity contribution in [2.24, 2.45) is 0 Å². The normalized spacial score (nSPS) is 11.7. The molecule has 0 saturated carbocycles. The van der Waals surface area contributed by atoms with E-state index in [-0.39, 0.29) is 52.9 Å². The maximum atomic E-state index is 9.04. The zero-order valence-electron chi connectivity index (χ0n) is 23.5. The molecule has 0 aliphatic rings. The standard InChI is InChI=1S/C13H30N2O4.C12H29N3O4/c16-10-3-1-2-4-14(7-11-17)5-6-15(8-12-18)9-13-19;16-9-5-14(6-10-17)3-1-13-2-4-15(7-11-18)8-12-19/h16-19H,1-13H2;13,16-19H,1-12H2. The number of rotatable bonds is 28. The van der Waals surface area contributed by atoms with Crippen LogP contribution in [0.5, 0.6) is 0 Å². The number of hydrogen-bond donors (Lipinski definition) is 9. The van der Waals surface area contributed by atoms with Crippen LogP contribution in [0.25, 0.3) is 0 Å². The van der Waals surface area contributed by atoms with Crippen LogP contribution in [0.1, 0.15) is 19.3 Å². The van der Waals surface area contributed by atoms with Gasteiger partial charge in [-0.05, 0) is 25.8 Å². The lowest BCUT2D eigenvalue weighted by atomic mass is 10.2. The molecular formula is C25H59N5O8. The van der Waals surface area contributed by atoms with Crippen LogP contribution in [0.15, 0.2) is 0 Å². The fraction of sp³-hybridized carbons (Fsp3) is 1.00. The molecule has 38 heavy (non-hydrogen) atoms. The van der Waals surface area contributed by atoms with Gasteiger partial charge in [0, 0.05) is 91.7 Å². The number of unbranched alkanes of at least 4 members (excludes halogenated alkanes) is 2. The van der Waals surface area contributed by atoms with E-state index in [0.717, 1.165) is 65.1 Å². The van der Waals surface area contributed by atoms with E-state index in [1.807, 2.05) is 14.7 Å². The van der Waals surface area contributed by atoms with Crippen LogP contribution < -0.4 is 5.32 Å². The Bertz CT molecular complexity index is 411. The second-order valence-corrected chi connectivity index (χ2v) is 8.97. The molecule has 0 atom stereocenters. The SMILES string of the molecule is OCCCCCN(CCO)CCN(CCO)CCO.OCCN(CCO)CCNCCN(CCO)CCO. The third-order valence-electron chi connectivity index (χ3n) is 5.99. The van der Waals surface area contributed by atoms with Crippen molar-refractivity contribution in [3.8, 4) is 0 Å². The first-order valence-corrected chi connectivity index (χ1v) is 14.0. The number of aliphatic hydroxyl groups is 8. The number of aliphatic hydroxyl groups excluding tert-OH is 8. The van der Waals surface area contributed by atoms with E-state index in [9.17, 15) is 0 Å². The minimum atomic E-state index is 0.0938. The van der Waals surface area contributed by atoms with Gasteiger partial charge >= 0.3 is 0 Å². The summed E-state index contributed by atoms with van der Waals surface area (Å²) in [5, 5.41) is 74.3. The van der Waals surface area contributed by atoms with E-state index in [4.69, 9.17) is 40.9 Å². The van der Waals surface area contributed by atoms with Gasteiger partial charge in [-0.15, -0.1) is 0 Å². The van der Waals surface area contributed by atoms with E-state index >= 15 is 0 Å². The van der Waals surface area contributed by atoms with Crippen LogP contribution in [-0.4, -0.2) is 205 Å². The molecule has 0 saturated heterocycles. The van der Waals surface area contributed by atoms with Crippen LogP contribution in [0.3, 0.4) is 0 Å². The topological polar surface area (TPSA) is 187 Å². The van der Waals surface area contributed by atoms with Gasteiger partial charge in [-0.25, -0.2) is 0 Å². The highest BCUT2D eigenvalue weighted by molar-refractivity contribution is 4.64. The summed E-state index contributed by atoms with van der Waals surface area (Å²) in [6.07, 6.45) is 2.84. The largest absolute Gasteiger partial charge is 0.396 e. The Labute approximate surface area is 229 Å². The van der Waals surface area contributed by atoms with Crippen molar-refractivity contribution in [2.75, 3.05) is 144 Å². The molecule has 232 valence electrons. The van der Waals surface area contributed by atoms with Gasteiger partial charge in [-0.1, -0.05) is 0 Å². The summed E-state index contributed by atoms with van der Waals surface area (Å²) >= 11 is 0. The monoisotopic (exact) mass is 557 g/mol. The average Bonchev–Trinajstić information content (AvgIpc) is 2.90. The number of nitrogens with zero attached hydrogens (tertiary/aromatic N) is 4. The van der Waals surface area contributed by atoms with Gasteiger partial charge in [-0.3, -0.25) is 19.6 Å². The van der Waals surface area contributed by atoms with Crippen molar-refractivity contribution < 1.29 is 40.9 Å². The van der Waals surface area contributed by atoms with Crippen LogP contribution in [0.2, 0.25) is 0 Å². The summed E-state index contributed by atoms with van der Waals surface area (Å²) in [6.45, 7) is 10.7. The van der Waals surface area contributed by atoms with Gasteiger partial charge in [0.05, 0.1) is 46.2 Å². The minimum Gasteiger partial charge on any atom is -0.396 e. The van der Waals surface area contributed by atoms with Crippen molar-refractivity contribution in [1.29, 1.82) is 0 Å². The molecule has 9 N–H and O–H groups in total. The second kappa shape index (κ2) is 32.7. The van der Waals surface area contributed by atoms with E-state index in [2.05, 4.69) is 10.2 Å². The molecule has 0 aromatic carbocycles. The summed E-state index contributed by atoms with van der Waals surface area (Å²) in [5.74, 6) is 0. The zero-order chi connectivity index (χ0) is 28.7. The molecule has 0 rings (SSSR count). The lowest BCUT2D eigenvalue weighted by Crippen LogP contribution is -2.39. The molecule has 0 amide bonds.